The molecule has 1 unspecified atom stereocenters. The van der Waals surface area contributed by atoms with Gasteiger partial charge in [-0.1, -0.05) is 43.2 Å². The third-order valence-corrected chi connectivity index (χ3v) is 3.72. The zero-order valence-corrected chi connectivity index (χ0v) is 13.5. The summed E-state index contributed by atoms with van der Waals surface area (Å²) in [5, 5.41) is 3.58. The second kappa shape index (κ2) is 10.9. The van der Waals surface area contributed by atoms with Crippen LogP contribution >= 0.6 is 0 Å². The number of hydrogen-bond donors (Lipinski definition) is 1. The molecule has 1 atom stereocenters. The van der Waals surface area contributed by atoms with Crippen molar-refractivity contribution in [3.8, 4) is 0 Å². The van der Waals surface area contributed by atoms with Crippen molar-refractivity contribution < 1.29 is 4.74 Å². The van der Waals surface area contributed by atoms with Crippen LogP contribution in [0.3, 0.4) is 0 Å². The number of hydrogen-bond acceptors (Lipinski definition) is 2. The molecule has 2 nitrogen and oxygen atoms in total. The van der Waals surface area contributed by atoms with Crippen molar-refractivity contribution in [2.45, 2.75) is 46.0 Å². The standard InChI is InChI=1S/C18H31NO/c1-4-12-19-15-18(7-5-6-13-20-3)14-17-10-8-16(2)9-11-17/h8-11,18-19H,4-7,12-15H2,1-3H3. The summed E-state index contributed by atoms with van der Waals surface area (Å²) in [4.78, 5) is 0. The third kappa shape index (κ3) is 7.66. The second-order valence-corrected chi connectivity index (χ2v) is 5.75. The molecule has 0 bridgehead atoms. The van der Waals surface area contributed by atoms with E-state index in [0.29, 0.717) is 0 Å². The molecular weight excluding hydrogens is 246 g/mol. The van der Waals surface area contributed by atoms with Crippen molar-refractivity contribution in [1.29, 1.82) is 0 Å². The maximum Gasteiger partial charge on any atom is 0.0462 e. The van der Waals surface area contributed by atoms with Gasteiger partial charge in [-0.15, -0.1) is 0 Å². The van der Waals surface area contributed by atoms with Crippen LogP contribution in [0.2, 0.25) is 0 Å². The number of nitrogens with one attached hydrogen (secondary N) is 1. The van der Waals surface area contributed by atoms with Crippen molar-refractivity contribution in [1.82, 2.24) is 5.32 Å². The fourth-order valence-electron chi connectivity index (χ4n) is 2.50. The Morgan fingerprint density at radius 3 is 2.55 bits per heavy atom. The average molecular weight is 277 g/mol. The van der Waals surface area contributed by atoms with Crippen LogP contribution in [0.25, 0.3) is 0 Å². The molecule has 114 valence electrons. The maximum absolute atomic E-state index is 5.14. The topological polar surface area (TPSA) is 21.3 Å². The van der Waals surface area contributed by atoms with Crippen LogP contribution in [0.1, 0.15) is 43.7 Å². The molecule has 0 amide bonds. The predicted molar refractivity (Wildman–Crippen MR) is 87.3 cm³/mol. The first kappa shape index (κ1) is 17.2. The molecule has 0 saturated heterocycles. The van der Waals surface area contributed by atoms with Gasteiger partial charge in [0.2, 0.25) is 0 Å². The van der Waals surface area contributed by atoms with Gasteiger partial charge in [0.05, 0.1) is 0 Å². The lowest BCUT2D eigenvalue weighted by molar-refractivity contribution is 0.190. The third-order valence-electron chi connectivity index (χ3n) is 3.72. The second-order valence-electron chi connectivity index (χ2n) is 5.75. The molecule has 0 aliphatic heterocycles. The first-order chi connectivity index (χ1) is 9.76. The van der Waals surface area contributed by atoms with Gasteiger partial charge >= 0.3 is 0 Å². The molecule has 0 aromatic heterocycles. The number of aryl methyl sites for hydroxylation is 1. The van der Waals surface area contributed by atoms with Crippen molar-refractivity contribution in [2.24, 2.45) is 5.92 Å². The minimum atomic E-state index is 0.737. The smallest absolute Gasteiger partial charge is 0.0462 e. The Kier molecular flexibility index (Phi) is 9.35. The fraction of sp³-hybridized carbons (Fsp3) is 0.667. The first-order valence-electron chi connectivity index (χ1n) is 8.01. The van der Waals surface area contributed by atoms with E-state index in [1.54, 1.807) is 7.11 Å². The summed E-state index contributed by atoms with van der Waals surface area (Å²) < 4.78 is 5.14. The summed E-state index contributed by atoms with van der Waals surface area (Å²) in [5.74, 6) is 0.737. The lowest BCUT2D eigenvalue weighted by Crippen LogP contribution is -2.25. The van der Waals surface area contributed by atoms with Crippen molar-refractivity contribution in [3.05, 3.63) is 35.4 Å². The summed E-state index contributed by atoms with van der Waals surface area (Å²) in [6.45, 7) is 7.52. The zero-order chi connectivity index (χ0) is 14.6. The van der Waals surface area contributed by atoms with E-state index in [2.05, 4.69) is 43.4 Å². The van der Waals surface area contributed by atoms with Gasteiger partial charge in [-0.2, -0.15) is 0 Å². The molecule has 20 heavy (non-hydrogen) atoms. The SMILES string of the molecule is CCCNCC(CCCCOC)Cc1ccc(C)cc1. The van der Waals surface area contributed by atoms with Crippen LogP contribution in [-0.4, -0.2) is 26.8 Å². The van der Waals surface area contributed by atoms with Crippen LogP contribution < -0.4 is 5.32 Å². The Balaban J connectivity index is 2.41. The van der Waals surface area contributed by atoms with Crippen LogP contribution in [-0.2, 0) is 11.2 Å². The summed E-state index contributed by atoms with van der Waals surface area (Å²) in [5.41, 5.74) is 2.81. The largest absolute Gasteiger partial charge is 0.385 e. The zero-order valence-electron chi connectivity index (χ0n) is 13.5. The molecule has 0 spiro atoms. The lowest BCUT2D eigenvalue weighted by Gasteiger charge is -2.18. The number of unbranched alkanes of at least 4 members (excludes halogenated alkanes) is 1. The van der Waals surface area contributed by atoms with Crippen molar-refractivity contribution in [2.75, 3.05) is 26.8 Å². The van der Waals surface area contributed by atoms with Gasteiger partial charge in [-0.05, 0) is 57.2 Å². The van der Waals surface area contributed by atoms with E-state index < -0.39 is 0 Å². The van der Waals surface area contributed by atoms with Crippen LogP contribution in [0, 0.1) is 12.8 Å². The maximum atomic E-state index is 5.14. The van der Waals surface area contributed by atoms with Gasteiger partial charge in [0.1, 0.15) is 0 Å². The van der Waals surface area contributed by atoms with Gasteiger partial charge in [-0.25, -0.2) is 0 Å². The van der Waals surface area contributed by atoms with Gasteiger partial charge in [0.15, 0.2) is 0 Å². The Morgan fingerprint density at radius 1 is 1.15 bits per heavy atom. The molecule has 1 rings (SSSR count). The van der Waals surface area contributed by atoms with E-state index in [0.717, 1.165) is 25.6 Å². The average Bonchev–Trinajstić information content (AvgIpc) is 2.46. The summed E-state index contributed by atoms with van der Waals surface area (Å²) in [7, 11) is 1.78. The highest BCUT2D eigenvalue weighted by Gasteiger charge is 2.09. The molecule has 0 heterocycles. The van der Waals surface area contributed by atoms with Gasteiger partial charge in [0.25, 0.3) is 0 Å². The number of rotatable bonds is 11. The molecule has 0 fully saturated rings. The van der Waals surface area contributed by atoms with E-state index in [4.69, 9.17) is 4.74 Å². The van der Waals surface area contributed by atoms with Crippen molar-refractivity contribution >= 4 is 0 Å². The van der Waals surface area contributed by atoms with Gasteiger partial charge in [-0.3, -0.25) is 0 Å². The highest BCUT2D eigenvalue weighted by Crippen LogP contribution is 2.15. The Bertz CT molecular complexity index is 334. The van der Waals surface area contributed by atoms with Crippen LogP contribution in [0.4, 0.5) is 0 Å². The molecule has 0 aliphatic rings. The lowest BCUT2D eigenvalue weighted by atomic mass is 9.93. The molecule has 1 aromatic rings. The predicted octanol–water partition coefficient (Wildman–Crippen LogP) is 3.97. The molecule has 0 radical (unpaired) electrons. The molecule has 2 heteroatoms. The number of benzene rings is 1. The Labute approximate surface area is 124 Å². The quantitative estimate of drug-likeness (QED) is 0.618. The molecule has 1 N–H and O–H groups in total. The van der Waals surface area contributed by atoms with Crippen molar-refractivity contribution in [3.63, 3.8) is 0 Å². The highest BCUT2D eigenvalue weighted by molar-refractivity contribution is 5.21. The van der Waals surface area contributed by atoms with E-state index in [1.165, 1.54) is 43.2 Å². The summed E-state index contributed by atoms with van der Waals surface area (Å²) in [6, 6.07) is 8.99. The minimum absolute atomic E-state index is 0.737. The number of methoxy groups -OCH3 is 1. The Morgan fingerprint density at radius 2 is 1.90 bits per heavy atom. The highest BCUT2D eigenvalue weighted by atomic mass is 16.5. The van der Waals surface area contributed by atoms with Gasteiger partial charge < -0.3 is 10.1 Å². The van der Waals surface area contributed by atoms with E-state index >= 15 is 0 Å². The molecule has 1 aromatic carbocycles. The van der Waals surface area contributed by atoms with Crippen LogP contribution in [0.15, 0.2) is 24.3 Å². The minimum Gasteiger partial charge on any atom is -0.385 e. The first-order valence-corrected chi connectivity index (χ1v) is 8.01. The fourth-order valence-corrected chi connectivity index (χ4v) is 2.50. The number of ether oxygens (including phenoxy) is 1. The molecule has 0 aliphatic carbocycles. The summed E-state index contributed by atoms with van der Waals surface area (Å²) in [6.07, 6.45) is 6.12. The van der Waals surface area contributed by atoms with E-state index in [9.17, 15) is 0 Å². The van der Waals surface area contributed by atoms with E-state index in [-0.39, 0.29) is 0 Å². The monoisotopic (exact) mass is 277 g/mol. The normalized spacial score (nSPS) is 12.6. The molecule has 0 saturated carbocycles. The Hall–Kier alpha value is -0.860. The summed E-state index contributed by atoms with van der Waals surface area (Å²) >= 11 is 0. The van der Waals surface area contributed by atoms with Crippen LogP contribution in [0.5, 0.6) is 0 Å². The van der Waals surface area contributed by atoms with Gasteiger partial charge in [0, 0.05) is 13.7 Å². The molecular formula is C18H31NO. The van der Waals surface area contributed by atoms with E-state index in [1.807, 2.05) is 0 Å².